The highest BCUT2D eigenvalue weighted by Gasteiger charge is 2.17. The number of nitrogens with one attached hydrogen (secondary N) is 1. The Morgan fingerprint density at radius 1 is 1.28 bits per heavy atom. The maximum atomic E-state index is 13.1. The van der Waals surface area contributed by atoms with Crippen molar-refractivity contribution in [2.24, 2.45) is 11.7 Å². The summed E-state index contributed by atoms with van der Waals surface area (Å²) >= 11 is 0. The Balaban J connectivity index is 2.39. The lowest BCUT2D eigenvalue weighted by atomic mass is 9.97. The molecule has 0 amide bonds. The van der Waals surface area contributed by atoms with Crippen molar-refractivity contribution in [2.75, 3.05) is 6.54 Å². The maximum absolute atomic E-state index is 13.1. The first-order valence-corrected chi connectivity index (χ1v) is 6.06. The molecule has 0 bridgehead atoms. The van der Waals surface area contributed by atoms with Crippen molar-refractivity contribution in [3.63, 3.8) is 0 Å². The number of aromatic amines is 1. The second-order valence-electron chi connectivity index (χ2n) is 4.97. The van der Waals surface area contributed by atoms with E-state index in [4.69, 9.17) is 5.73 Å². The molecular formula is C13H17F2N3. The highest BCUT2D eigenvalue weighted by Crippen LogP contribution is 2.24. The third-order valence-electron chi connectivity index (χ3n) is 2.97. The second kappa shape index (κ2) is 5.02. The van der Waals surface area contributed by atoms with Crippen LogP contribution in [0.5, 0.6) is 0 Å². The van der Waals surface area contributed by atoms with E-state index in [2.05, 4.69) is 23.8 Å². The lowest BCUT2D eigenvalue weighted by Gasteiger charge is -2.14. The number of hydrogen-bond donors (Lipinski definition) is 2. The molecule has 1 aromatic heterocycles. The third kappa shape index (κ3) is 2.51. The van der Waals surface area contributed by atoms with Gasteiger partial charge in [-0.25, -0.2) is 13.8 Å². The van der Waals surface area contributed by atoms with Gasteiger partial charge < -0.3 is 10.7 Å². The first-order valence-electron chi connectivity index (χ1n) is 6.06. The summed E-state index contributed by atoms with van der Waals surface area (Å²) in [7, 11) is 0. The van der Waals surface area contributed by atoms with Crippen LogP contribution in [0.25, 0.3) is 11.0 Å². The highest BCUT2D eigenvalue weighted by molar-refractivity contribution is 5.75. The van der Waals surface area contributed by atoms with Crippen LogP contribution in [0.15, 0.2) is 12.1 Å². The summed E-state index contributed by atoms with van der Waals surface area (Å²) in [5, 5.41) is 0. The van der Waals surface area contributed by atoms with Crippen molar-refractivity contribution in [3.8, 4) is 0 Å². The number of nitrogens with two attached hydrogens (primary N) is 1. The summed E-state index contributed by atoms with van der Waals surface area (Å²) < 4.78 is 26.2. The summed E-state index contributed by atoms with van der Waals surface area (Å²) in [5.74, 6) is -0.477. The van der Waals surface area contributed by atoms with Gasteiger partial charge in [0.15, 0.2) is 11.6 Å². The normalized spacial score (nSPS) is 13.4. The number of benzene rings is 1. The second-order valence-corrected chi connectivity index (χ2v) is 4.97. The van der Waals surface area contributed by atoms with Crippen molar-refractivity contribution in [1.29, 1.82) is 0 Å². The SMILES string of the molecule is CC(C)CC(CN)c1nc2cc(F)c(F)cc2[nH]1. The Morgan fingerprint density at radius 3 is 2.56 bits per heavy atom. The zero-order valence-corrected chi connectivity index (χ0v) is 10.5. The van der Waals surface area contributed by atoms with Crippen LogP contribution in [-0.2, 0) is 0 Å². The predicted octanol–water partition coefficient (Wildman–Crippen LogP) is 2.93. The molecule has 0 saturated heterocycles. The van der Waals surface area contributed by atoms with Crippen molar-refractivity contribution in [2.45, 2.75) is 26.2 Å². The van der Waals surface area contributed by atoms with E-state index < -0.39 is 11.6 Å². The summed E-state index contributed by atoms with van der Waals surface area (Å²) in [6, 6.07) is 2.23. The summed E-state index contributed by atoms with van der Waals surface area (Å²) in [5.41, 5.74) is 6.67. The van der Waals surface area contributed by atoms with Crippen LogP contribution in [0.2, 0.25) is 0 Å². The fourth-order valence-corrected chi connectivity index (χ4v) is 2.11. The first kappa shape index (κ1) is 13.0. The Bertz CT molecular complexity index is 509. The Labute approximate surface area is 104 Å². The molecule has 5 heteroatoms. The number of halogens is 2. The van der Waals surface area contributed by atoms with E-state index in [1.165, 1.54) is 0 Å². The molecule has 2 rings (SSSR count). The van der Waals surface area contributed by atoms with Gasteiger partial charge in [0.05, 0.1) is 11.0 Å². The minimum absolute atomic E-state index is 0.0866. The summed E-state index contributed by atoms with van der Waals surface area (Å²) in [4.78, 5) is 7.32. The summed E-state index contributed by atoms with van der Waals surface area (Å²) in [6.45, 7) is 4.66. The van der Waals surface area contributed by atoms with Gasteiger partial charge in [0.2, 0.25) is 0 Å². The molecule has 1 aromatic carbocycles. The molecule has 0 saturated carbocycles. The minimum Gasteiger partial charge on any atom is -0.342 e. The zero-order chi connectivity index (χ0) is 13.3. The van der Waals surface area contributed by atoms with Crippen LogP contribution in [-0.4, -0.2) is 16.5 Å². The Morgan fingerprint density at radius 2 is 1.94 bits per heavy atom. The molecule has 0 radical (unpaired) electrons. The van der Waals surface area contributed by atoms with Gasteiger partial charge in [0.25, 0.3) is 0 Å². The van der Waals surface area contributed by atoms with Gasteiger partial charge in [-0.2, -0.15) is 0 Å². The third-order valence-corrected chi connectivity index (χ3v) is 2.97. The molecule has 0 aliphatic carbocycles. The molecule has 0 aliphatic heterocycles. The zero-order valence-electron chi connectivity index (χ0n) is 10.5. The molecule has 98 valence electrons. The van der Waals surface area contributed by atoms with Gasteiger partial charge in [-0.15, -0.1) is 0 Å². The van der Waals surface area contributed by atoms with Gasteiger partial charge in [-0.05, 0) is 12.3 Å². The summed E-state index contributed by atoms with van der Waals surface area (Å²) in [6.07, 6.45) is 0.890. The average Bonchev–Trinajstić information content (AvgIpc) is 2.69. The fourth-order valence-electron chi connectivity index (χ4n) is 2.11. The van der Waals surface area contributed by atoms with E-state index in [9.17, 15) is 8.78 Å². The number of fused-ring (bicyclic) bond motifs is 1. The van der Waals surface area contributed by atoms with Crippen LogP contribution in [0, 0.1) is 17.6 Å². The molecule has 3 nitrogen and oxygen atoms in total. The molecule has 1 atom stereocenters. The van der Waals surface area contributed by atoms with Gasteiger partial charge in [0, 0.05) is 24.6 Å². The monoisotopic (exact) mass is 253 g/mol. The Hall–Kier alpha value is -1.49. The van der Waals surface area contributed by atoms with E-state index in [1.807, 2.05) is 0 Å². The van der Waals surface area contributed by atoms with Crippen LogP contribution < -0.4 is 5.73 Å². The van der Waals surface area contributed by atoms with Crippen molar-refractivity contribution in [1.82, 2.24) is 9.97 Å². The molecule has 2 aromatic rings. The number of H-pyrrole nitrogens is 1. The molecule has 1 heterocycles. The minimum atomic E-state index is -0.881. The van der Waals surface area contributed by atoms with E-state index in [0.717, 1.165) is 18.6 Å². The number of rotatable bonds is 4. The van der Waals surface area contributed by atoms with Crippen LogP contribution >= 0.6 is 0 Å². The maximum Gasteiger partial charge on any atom is 0.161 e. The highest BCUT2D eigenvalue weighted by atomic mass is 19.2. The number of nitrogens with zero attached hydrogens (tertiary/aromatic N) is 1. The van der Waals surface area contributed by atoms with Crippen LogP contribution in [0.4, 0.5) is 8.78 Å². The molecule has 0 aliphatic rings. The van der Waals surface area contributed by atoms with Crippen LogP contribution in [0.1, 0.15) is 32.0 Å². The van der Waals surface area contributed by atoms with E-state index >= 15 is 0 Å². The van der Waals surface area contributed by atoms with Gasteiger partial charge in [0.1, 0.15) is 5.82 Å². The molecule has 0 spiro atoms. The van der Waals surface area contributed by atoms with Crippen LogP contribution in [0.3, 0.4) is 0 Å². The van der Waals surface area contributed by atoms with Gasteiger partial charge in [-0.1, -0.05) is 13.8 Å². The van der Waals surface area contributed by atoms with E-state index in [1.54, 1.807) is 0 Å². The fraction of sp³-hybridized carbons (Fsp3) is 0.462. The van der Waals surface area contributed by atoms with E-state index in [0.29, 0.717) is 29.3 Å². The van der Waals surface area contributed by atoms with E-state index in [-0.39, 0.29) is 5.92 Å². The van der Waals surface area contributed by atoms with Gasteiger partial charge >= 0.3 is 0 Å². The largest absolute Gasteiger partial charge is 0.342 e. The lowest BCUT2D eigenvalue weighted by Crippen LogP contribution is -2.15. The quantitative estimate of drug-likeness (QED) is 0.880. The standard InChI is InChI=1S/C13H17F2N3/c1-7(2)3-8(6-16)13-17-11-4-9(14)10(15)5-12(11)18-13/h4-5,7-8H,3,6,16H2,1-2H3,(H,17,18). The molecule has 0 fully saturated rings. The topological polar surface area (TPSA) is 54.7 Å². The number of hydrogen-bond acceptors (Lipinski definition) is 2. The molecule has 3 N–H and O–H groups in total. The van der Waals surface area contributed by atoms with Crippen molar-refractivity contribution in [3.05, 3.63) is 29.6 Å². The lowest BCUT2D eigenvalue weighted by molar-refractivity contribution is 0.491. The van der Waals surface area contributed by atoms with Gasteiger partial charge in [-0.3, -0.25) is 0 Å². The smallest absolute Gasteiger partial charge is 0.161 e. The van der Waals surface area contributed by atoms with Crippen molar-refractivity contribution >= 4 is 11.0 Å². The molecular weight excluding hydrogens is 236 g/mol. The number of imidazole rings is 1. The number of aromatic nitrogens is 2. The molecule has 1 unspecified atom stereocenters. The average molecular weight is 253 g/mol. The predicted molar refractivity (Wildman–Crippen MR) is 67.3 cm³/mol. The molecule has 18 heavy (non-hydrogen) atoms. The first-order chi connectivity index (χ1) is 8.51. The Kier molecular flexibility index (Phi) is 3.61. The van der Waals surface area contributed by atoms with Crippen molar-refractivity contribution < 1.29 is 8.78 Å².